The maximum absolute atomic E-state index is 12.7. The van der Waals surface area contributed by atoms with Crippen molar-refractivity contribution in [2.24, 2.45) is 5.10 Å². The smallest absolute Gasteiger partial charge is 0.256 e. The third-order valence-electron chi connectivity index (χ3n) is 4.86. The Bertz CT molecular complexity index is 957. The Balaban J connectivity index is 1.51. The lowest BCUT2D eigenvalue weighted by Crippen LogP contribution is -2.40. The highest BCUT2D eigenvalue weighted by molar-refractivity contribution is 6.02. The molecule has 0 aliphatic carbocycles. The number of hydrazone groups is 1. The van der Waals surface area contributed by atoms with Crippen molar-refractivity contribution in [1.82, 2.24) is 9.91 Å². The quantitative estimate of drug-likeness (QED) is 0.685. The number of benzene rings is 2. The highest BCUT2D eigenvalue weighted by Gasteiger charge is 2.23. The first kappa shape index (κ1) is 22.2. The fourth-order valence-corrected chi connectivity index (χ4v) is 3.27. The van der Waals surface area contributed by atoms with Crippen molar-refractivity contribution in [2.75, 3.05) is 36.8 Å². The SMILES string of the molecule is CCN(CC(=O)Nc1ccc(NC(C)=O)cc1)CC(=O)N1CCC(c2ccccc2)=N1. The second-order valence-electron chi connectivity index (χ2n) is 7.29. The van der Waals surface area contributed by atoms with Gasteiger partial charge in [-0.15, -0.1) is 0 Å². The van der Waals surface area contributed by atoms with Gasteiger partial charge in [-0.05, 0) is 36.4 Å². The molecule has 0 radical (unpaired) electrons. The molecule has 3 amide bonds. The summed E-state index contributed by atoms with van der Waals surface area (Å²) < 4.78 is 0. The van der Waals surface area contributed by atoms with E-state index >= 15 is 0 Å². The number of hydrogen-bond donors (Lipinski definition) is 2. The van der Waals surface area contributed by atoms with Crippen LogP contribution in [0.3, 0.4) is 0 Å². The van der Waals surface area contributed by atoms with Crippen LogP contribution in [-0.4, -0.2) is 59.5 Å². The molecule has 0 bridgehead atoms. The molecule has 1 aliphatic heterocycles. The Morgan fingerprint density at radius 1 is 0.968 bits per heavy atom. The van der Waals surface area contributed by atoms with Crippen molar-refractivity contribution in [2.45, 2.75) is 20.3 Å². The number of likely N-dealkylation sites (N-methyl/N-ethyl adjacent to an activating group) is 1. The third kappa shape index (κ3) is 6.48. The fraction of sp³-hybridized carbons (Fsp3) is 0.304. The Morgan fingerprint density at radius 2 is 1.61 bits per heavy atom. The van der Waals surface area contributed by atoms with Crippen LogP contribution in [0.4, 0.5) is 11.4 Å². The van der Waals surface area contributed by atoms with Gasteiger partial charge in [-0.1, -0.05) is 37.3 Å². The average molecular weight is 422 g/mol. The van der Waals surface area contributed by atoms with Crippen LogP contribution in [0.15, 0.2) is 59.7 Å². The molecule has 0 atom stereocenters. The van der Waals surface area contributed by atoms with Crippen LogP contribution < -0.4 is 10.6 Å². The van der Waals surface area contributed by atoms with Gasteiger partial charge in [0.2, 0.25) is 11.8 Å². The van der Waals surface area contributed by atoms with Crippen molar-refractivity contribution in [3.63, 3.8) is 0 Å². The monoisotopic (exact) mass is 421 g/mol. The van der Waals surface area contributed by atoms with E-state index in [4.69, 9.17) is 0 Å². The molecule has 162 valence electrons. The predicted octanol–water partition coefficient (Wildman–Crippen LogP) is 2.54. The van der Waals surface area contributed by atoms with Crippen LogP contribution in [0, 0.1) is 0 Å². The first-order valence-electron chi connectivity index (χ1n) is 10.3. The standard InChI is InChI=1S/C23H27N5O3/c1-3-27(15-22(30)25-20-11-9-19(10-12-20)24-17(2)29)16-23(31)28-14-13-21(26-28)18-7-5-4-6-8-18/h4-12H,3,13-16H2,1-2H3,(H,24,29)(H,25,30). The van der Waals surface area contributed by atoms with E-state index in [9.17, 15) is 14.4 Å². The van der Waals surface area contributed by atoms with Gasteiger partial charge in [0.1, 0.15) is 0 Å². The van der Waals surface area contributed by atoms with E-state index in [1.54, 1.807) is 29.2 Å². The van der Waals surface area contributed by atoms with Gasteiger partial charge >= 0.3 is 0 Å². The van der Waals surface area contributed by atoms with E-state index in [0.29, 0.717) is 24.5 Å². The summed E-state index contributed by atoms with van der Waals surface area (Å²) in [4.78, 5) is 37.9. The molecular weight excluding hydrogens is 394 g/mol. The molecule has 3 rings (SSSR count). The topological polar surface area (TPSA) is 94.1 Å². The summed E-state index contributed by atoms with van der Waals surface area (Å²) in [6.07, 6.45) is 0.719. The molecule has 8 nitrogen and oxygen atoms in total. The van der Waals surface area contributed by atoms with Crippen molar-refractivity contribution >= 4 is 34.8 Å². The molecule has 0 saturated carbocycles. The maximum Gasteiger partial charge on any atom is 0.256 e. The van der Waals surface area contributed by atoms with E-state index in [1.165, 1.54) is 11.9 Å². The third-order valence-corrected chi connectivity index (χ3v) is 4.86. The zero-order valence-corrected chi connectivity index (χ0v) is 17.8. The number of carbonyl (C=O) groups excluding carboxylic acids is 3. The molecule has 0 aromatic heterocycles. The Morgan fingerprint density at radius 3 is 2.23 bits per heavy atom. The van der Waals surface area contributed by atoms with Crippen LogP contribution in [0.25, 0.3) is 0 Å². The first-order valence-corrected chi connectivity index (χ1v) is 10.3. The van der Waals surface area contributed by atoms with Crippen molar-refractivity contribution in [3.8, 4) is 0 Å². The van der Waals surface area contributed by atoms with Gasteiger partial charge in [0.05, 0.1) is 25.3 Å². The van der Waals surface area contributed by atoms with Gasteiger partial charge in [-0.2, -0.15) is 5.10 Å². The molecule has 0 fully saturated rings. The zero-order chi connectivity index (χ0) is 22.2. The van der Waals surface area contributed by atoms with Crippen LogP contribution in [0.1, 0.15) is 25.8 Å². The van der Waals surface area contributed by atoms with E-state index < -0.39 is 0 Å². The molecule has 2 N–H and O–H groups in total. The summed E-state index contributed by atoms with van der Waals surface area (Å²) in [7, 11) is 0. The average Bonchev–Trinajstić information content (AvgIpc) is 3.25. The van der Waals surface area contributed by atoms with E-state index in [2.05, 4.69) is 15.7 Å². The molecule has 0 saturated heterocycles. The molecule has 1 heterocycles. The second kappa shape index (κ2) is 10.5. The van der Waals surface area contributed by atoms with Crippen molar-refractivity contribution in [1.29, 1.82) is 0 Å². The number of amides is 3. The molecular formula is C23H27N5O3. The van der Waals surface area contributed by atoms with Crippen LogP contribution >= 0.6 is 0 Å². The predicted molar refractivity (Wildman–Crippen MR) is 121 cm³/mol. The molecule has 31 heavy (non-hydrogen) atoms. The van der Waals surface area contributed by atoms with Gasteiger partial charge in [-0.3, -0.25) is 19.3 Å². The van der Waals surface area contributed by atoms with Gasteiger partial charge in [0, 0.05) is 24.7 Å². The fourth-order valence-electron chi connectivity index (χ4n) is 3.27. The molecule has 0 unspecified atom stereocenters. The molecule has 0 spiro atoms. The number of anilines is 2. The summed E-state index contributed by atoms with van der Waals surface area (Å²) in [5.74, 6) is -0.490. The van der Waals surface area contributed by atoms with Crippen LogP contribution in [0.5, 0.6) is 0 Å². The maximum atomic E-state index is 12.7. The number of carbonyl (C=O) groups is 3. The lowest BCUT2D eigenvalue weighted by Gasteiger charge is -2.21. The summed E-state index contributed by atoms with van der Waals surface area (Å²) in [6.45, 7) is 4.67. The zero-order valence-electron chi connectivity index (χ0n) is 17.8. The number of rotatable bonds is 8. The lowest BCUT2D eigenvalue weighted by molar-refractivity contribution is -0.132. The highest BCUT2D eigenvalue weighted by atomic mass is 16.2. The minimum absolute atomic E-state index is 0.0960. The van der Waals surface area contributed by atoms with Gasteiger partial charge < -0.3 is 10.6 Å². The molecule has 8 heteroatoms. The number of hydrogen-bond acceptors (Lipinski definition) is 5. The van der Waals surface area contributed by atoms with Crippen molar-refractivity contribution in [3.05, 3.63) is 60.2 Å². The van der Waals surface area contributed by atoms with Gasteiger partial charge in [0.25, 0.3) is 5.91 Å². The van der Waals surface area contributed by atoms with Gasteiger partial charge in [-0.25, -0.2) is 5.01 Å². The first-order chi connectivity index (χ1) is 14.9. The summed E-state index contributed by atoms with van der Waals surface area (Å²) in [5.41, 5.74) is 3.21. The highest BCUT2D eigenvalue weighted by Crippen LogP contribution is 2.15. The van der Waals surface area contributed by atoms with Crippen molar-refractivity contribution < 1.29 is 14.4 Å². The Labute approximate surface area is 181 Å². The summed E-state index contributed by atoms with van der Waals surface area (Å²) in [5, 5.41) is 11.4. The largest absolute Gasteiger partial charge is 0.326 e. The number of nitrogens with zero attached hydrogens (tertiary/aromatic N) is 3. The minimum Gasteiger partial charge on any atom is -0.326 e. The normalized spacial score (nSPS) is 13.1. The minimum atomic E-state index is -0.211. The molecule has 2 aromatic carbocycles. The Kier molecular flexibility index (Phi) is 7.50. The summed E-state index contributed by atoms with van der Waals surface area (Å²) >= 11 is 0. The molecule has 1 aliphatic rings. The summed E-state index contributed by atoms with van der Waals surface area (Å²) in [6, 6.07) is 16.7. The molecule has 2 aromatic rings. The second-order valence-corrected chi connectivity index (χ2v) is 7.29. The lowest BCUT2D eigenvalue weighted by atomic mass is 10.1. The van der Waals surface area contributed by atoms with E-state index in [-0.39, 0.29) is 30.8 Å². The van der Waals surface area contributed by atoms with E-state index in [1.807, 2.05) is 37.3 Å². The number of nitrogens with one attached hydrogen (secondary N) is 2. The Hall–Kier alpha value is -3.52. The van der Waals surface area contributed by atoms with Crippen LogP contribution in [-0.2, 0) is 14.4 Å². The van der Waals surface area contributed by atoms with E-state index in [0.717, 1.165) is 17.7 Å². The van der Waals surface area contributed by atoms with Crippen LogP contribution in [0.2, 0.25) is 0 Å². The van der Waals surface area contributed by atoms with Gasteiger partial charge in [0.15, 0.2) is 0 Å².